The molecule has 0 aliphatic heterocycles. The van der Waals surface area contributed by atoms with Gasteiger partial charge in [0.2, 0.25) is 0 Å². The van der Waals surface area contributed by atoms with E-state index < -0.39 is 5.60 Å². The van der Waals surface area contributed by atoms with Gasteiger partial charge in [0.25, 0.3) is 0 Å². The van der Waals surface area contributed by atoms with Gasteiger partial charge in [0.05, 0.1) is 5.60 Å². The van der Waals surface area contributed by atoms with E-state index in [4.69, 9.17) is 0 Å². The van der Waals surface area contributed by atoms with Gasteiger partial charge in [0.15, 0.2) is 0 Å². The molecule has 0 radical (unpaired) electrons. The molecule has 1 saturated carbocycles. The second-order valence-corrected chi connectivity index (χ2v) is 7.13. The second kappa shape index (κ2) is 4.59. The summed E-state index contributed by atoms with van der Waals surface area (Å²) in [5.41, 5.74) is 1.51. The van der Waals surface area contributed by atoms with Gasteiger partial charge >= 0.3 is 0 Å². The van der Waals surface area contributed by atoms with Crippen molar-refractivity contribution in [2.24, 2.45) is 11.3 Å². The molecule has 1 nitrogen and oxygen atoms in total. The Bertz CT molecular complexity index is 469. The van der Waals surface area contributed by atoms with Gasteiger partial charge in [-0.05, 0) is 61.6 Å². The van der Waals surface area contributed by atoms with Gasteiger partial charge < -0.3 is 5.11 Å². The first kappa shape index (κ1) is 14.5. The van der Waals surface area contributed by atoms with Crippen LogP contribution in [-0.2, 0) is 5.60 Å². The highest BCUT2D eigenvalue weighted by atomic mass is 19.1. The van der Waals surface area contributed by atoms with Crippen LogP contribution >= 0.6 is 0 Å². The lowest BCUT2D eigenvalue weighted by Crippen LogP contribution is -2.42. The zero-order valence-electron chi connectivity index (χ0n) is 12.7. The maximum Gasteiger partial charge on any atom is 0.129 e. The van der Waals surface area contributed by atoms with Crippen molar-refractivity contribution >= 4 is 0 Å². The van der Waals surface area contributed by atoms with Crippen molar-refractivity contribution in [2.45, 2.75) is 59.5 Å². The van der Waals surface area contributed by atoms with Crippen LogP contribution in [0.1, 0.15) is 56.7 Å². The third kappa shape index (κ3) is 2.55. The molecule has 2 atom stereocenters. The van der Waals surface area contributed by atoms with Crippen LogP contribution in [0.3, 0.4) is 0 Å². The van der Waals surface area contributed by atoms with Crippen LogP contribution in [0.5, 0.6) is 0 Å². The van der Waals surface area contributed by atoms with E-state index in [1.54, 1.807) is 0 Å². The highest BCUT2D eigenvalue weighted by Crippen LogP contribution is 2.49. The Morgan fingerprint density at radius 1 is 1.21 bits per heavy atom. The normalized spacial score (nSPS) is 30.4. The van der Waals surface area contributed by atoms with E-state index in [-0.39, 0.29) is 17.2 Å². The number of aryl methyl sites for hydroxylation is 2. The average molecular weight is 264 g/mol. The number of benzene rings is 1. The highest BCUT2D eigenvalue weighted by Gasteiger charge is 2.45. The molecule has 1 aliphatic rings. The van der Waals surface area contributed by atoms with E-state index in [9.17, 15) is 9.50 Å². The summed E-state index contributed by atoms with van der Waals surface area (Å²) in [5, 5.41) is 11.1. The van der Waals surface area contributed by atoms with Crippen LogP contribution in [-0.4, -0.2) is 5.11 Å². The minimum absolute atomic E-state index is 0.0761. The fourth-order valence-corrected chi connectivity index (χ4v) is 3.71. The molecule has 2 unspecified atom stereocenters. The molecule has 1 aliphatic carbocycles. The van der Waals surface area contributed by atoms with Gasteiger partial charge in [0.1, 0.15) is 5.82 Å². The smallest absolute Gasteiger partial charge is 0.129 e. The third-order valence-corrected chi connectivity index (χ3v) is 4.72. The predicted octanol–water partition coefficient (Wildman–Crippen LogP) is 4.48. The Kier molecular flexibility index (Phi) is 3.51. The van der Waals surface area contributed by atoms with Gasteiger partial charge in [0, 0.05) is 5.56 Å². The Hall–Kier alpha value is -0.890. The van der Waals surface area contributed by atoms with Crippen LogP contribution in [0, 0.1) is 31.0 Å². The zero-order chi connectivity index (χ0) is 14.4. The zero-order valence-corrected chi connectivity index (χ0v) is 12.7. The minimum atomic E-state index is -1.02. The summed E-state index contributed by atoms with van der Waals surface area (Å²) in [7, 11) is 0. The van der Waals surface area contributed by atoms with Gasteiger partial charge in [-0.1, -0.05) is 26.8 Å². The summed E-state index contributed by atoms with van der Waals surface area (Å²) in [6.45, 7) is 10.3. The van der Waals surface area contributed by atoms with E-state index >= 15 is 0 Å². The maximum absolute atomic E-state index is 14.3. The summed E-state index contributed by atoms with van der Waals surface area (Å²) >= 11 is 0. The quantitative estimate of drug-likeness (QED) is 0.793. The Morgan fingerprint density at radius 3 is 2.37 bits per heavy atom. The summed E-state index contributed by atoms with van der Waals surface area (Å²) < 4.78 is 14.3. The standard InChI is InChI=1S/C17H25FO/c1-11-8-12(2)15(14(18)9-11)17(19)7-6-16(4,5)10-13(17)3/h8-9,13,19H,6-7,10H2,1-5H3. The van der Waals surface area contributed by atoms with Crippen molar-refractivity contribution in [1.29, 1.82) is 0 Å². The van der Waals surface area contributed by atoms with Gasteiger partial charge in [-0.3, -0.25) is 0 Å². The second-order valence-electron chi connectivity index (χ2n) is 7.13. The van der Waals surface area contributed by atoms with Crippen molar-refractivity contribution in [3.8, 4) is 0 Å². The number of hydrogen-bond donors (Lipinski definition) is 1. The van der Waals surface area contributed by atoms with Crippen molar-refractivity contribution in [2.75, 3.05) is 0 Å². The van der Waals surface area contributed by atoms with E-state index in [0.29, 0.717) is 12.0 Å². The average Bonchev–Trinajstić information content (AvgIpc) is 2.22. The van der Waals surface area contributed by atoms with E-state index in [2.05, 4.69) is 13.8 Å². The third-order valence-electron chi connectivity index (χ3n) is 4.72. The first-order valence-corrected chi connectivity index (χ1v) is 7.15. The number of hydrogen-bond acceptors (Lipinski definition) is 1. The van der Waals surface area contributed by atoms with Crippen LogP contribution in [0.15, 0.2) is 12.1 Å². The van der Waals surface area contributed by atoms with E-state index in [1.165, 1.54) is 6.07 Å². The summed E-state index contributed by atoms with van der Waals surface area (Å²) in [5.74, 6) is -0.182. The summed E-state index contributed by atoms with van der Waals surface area (Å²) in [6.07, 6.45) is 2.50. The fourth-order valence-electron chi connectivity index (χ4n) is 3.71. The van der Waals surface area contributed by atoms with Crippen molar-refractivity contribution in [1.82, 2.24) is 0 Å². The van der Waals surface area contributed by atoms with Crippen molar-refractivity contribution < 1.29 is 9.50 Å². The highest BCUT2D eigenvalue weighted by molar-refractivity contribution is 5.37. The largest absolute Gasteiger partial charge is 0.385 e. The van der Waals surface area contributed by atoms with E-state index in [1.807, 2.05) is 26.8 Å². The van der Waals surface area contributed by atoms with Crippen LogP contribution in [0.25, 0.3) is 0 Å². The first-order chi connectivity index (χ1) is 8.66. The molecule has 1 aromatic rings. The number of rotatable bonds is 1. The van der Waals surface area contributed by atoms with Gasteiger partial charge in [-0.25, -0.2) is 4.39 Å². The summed E-state index contributed by atoms with van der Waals surface area (Å²) in [4.78, 5) is 0. The molecule has 1 N–H and O–H groups in total. The van der Waals surface area contributed by atoms with Crippen LogP contribution in [0.2, 0.25) is 0 Å². The molecule has 1 fully saturated rings. The molecular weight excluding hydrogens is 239 g/mol. The molecule has 0 heterocycles. The lowest BCUT2D eigenvalue weighted by atomic mass is 9.62. The van der Waals surface area contributed by atoms with Gasteiger partial charge in [-0.2, -0.15) is 0 Å². The molecule has 19 heavy (non-hydrogen) atoms. The molecule has 0 aromatic heterocycles. The SMILES string of the molecule is Cc1cc(C)c(C2(O)CCC(C)(C)CC2C)c(F)c1. The topological polar surface area (TPSA) is 20.2 Å². The molecule has 0 spiro atoms. The van der Waals surface area contributed by atoms with Crippen LogP contribution in [0.4, 0.5) is 4.39 Å². The van der Waals surface area contributed by atoms with Gasteiger partial charge in [-0.15, -0.1) is 0 Å². The monoisotopic (exact) mass is 264 g/mol. The molecule has 106 valence electrons. The minimum Gasteiger partial charge on any atom is -0.385 e. The molecule has 2 rings (SSSR count). The number of aliphatic hydroxyl groups is 1. The number of halogens is 1. The molecule has 0 amide bonds. The molecule has 1 aromatic carbocycles. The first-order valence-electron chi connectivity index (χ1n) is 7.15. The molecule has 0 bridgehead atoms. The van der Waals surface area contributed by atoms with Crippen LogP contribution < -0.4 is 0 Å². The fraction of sp³-hybridized carbons (Fsp3) is 0.647. The molecular formula is C17H25FO. The van der Waals surface area contributed by atoms with E-state index in [0.717, 1.165) is 24.0 Å². The van der Waals surface area contributed by atoms with Crippen molar-refractivity contribution in [3.63, 3.8) is 0 Å². The predicted molar refractivity (Wildman–Crippen MR) is 76.6 cm³/mol. The summed E-state index contributed by atoms with van der Waals surface area (Å²) in [6, 6.07) is 3.50. The lowest BCUT2D eigenvalue weighted by Gasteiger charge is -2.46. The lowest BCUT2D eigenvalue weighted by molar-refractivity contribution is -0.0796. The Balaban J connectivity index is 2.46. The molecule has 0 saturated heterocycles. The molecule has 2 heteroatoms. The maximum atomic E-state index is 14.3. The Labute approximate surface area is 115 Å². The van der Waals surface area contributed by atoms with Crippen molar-refractivity contribution in [3.05, 3.63) is 34.6 Å². The Morgan fingerprint density at radius 2 is 1.84 bits per heavy atom.